The van der Waals surface area contributed by atoms with E-state index in [0.29, 0.717) is 0 Å². The highest BCUT2D eigenvalue weighted by molar-refractivity contribution is 6.33. The van der Waals surface area contributed by atoms with Gasteiger partial charge in [0.2, 0.25) is 0 Å². The van der Waals surface area contributed by atoms with Crippen molar-refractivity contribution >= 4 is 20.0 Å². The zero-order valence-electron chi connectivity index (χ0n) is 4.35. The molecule has 0 saturated heterocycles. The Bertz CT molecular complexity index is 40.2. The lowest BCUT2D eigenvalue weighted by atomic mass is 14.6. The summed E-state index contributed by atoms with van der Waals surface area (Å²) in [6, 6.07) is 0. The molecule has 0 heterocycles. The van der Waals surface area contributed by atoms with Gasteiger partial charge in [-0.2, -0.15) is 0 Å². The fraction of sp³-hybridized carbons (Fsp3) is 0. The third-order valence-electron chi connectivity index (χ3n) is 0.368. The van der Waals surface area contributed by atoms with Crippen molar-refractivity contribution in [3.8, 4) is 0 Å². The van der Waals surface area contributed by atoms with Crippen LogP contribution >= 0.6 is 0 Å². The second-order valence-corrected chi connectivity index (χ2v) is 3.40. The highest BCUT2D eigenvalue weighted by atomic mass is 28.3. The van der Waals surface area contributed by atoms with Crippen LogP contribution in [0.2, 0.25) is 0 Å². The molecule has 9 heavy (non-hydrogen) atoms. The molecule has 0 spiro atoms. The molecule has 0 unspecified atom stereocenters. The van der Waals surface area contributed by atoms with Crippen molar-refractivity contribution in [1.29, 1.82) is 0 Å². The van der Waals surface area contributed by atoms with Crippen molar-refractivity contribution in [3.63, 3.8) is 0 Å². The van der Waals surface area contributed by atoms with E-state index in [-0.39, 0.29) is 0 Å². The fourth-order valence-corrected chi connectivity index (χ4v) is 1.05. The van der Waals surface area contributed by atoms with Gasteiger partial charge in [-0.15, -0.1) is 0 Å². The van der Waals surface area contributed by atoms with Crippen LogP contribution in [0.1, 0.15) is 0 Å². The molecule has 0 aliphatic rings. The topological polar surface area (TPSA) is 86.6 Å². The van der Waals surface area contributed by atoms with Gasteiger partial charge in [0.25, 0.3) is 0 Å². The highest BCUT2D eigenvalue weighted by Gasteiger charge is 1.90. The van der Waals surface area contributed by atoms with Crippen LogP contribution in [-0.4, -0.2) is 30.5 Å². The first-order valence-electron chi connectivity index (χ1n) is 1.85. The molecule has 2 N–H and O–H groups in total. The average Bonchev–Trinajstić information content (AvgIpc) is 1.89. The first kappa shape index (κ1) is 9.15. The Morgan fingerprint density at radius 3 is 1.67 bits per heavy atom. The Labute approximate surface area is 54.9 Å². The van der Waals surface area contributed by atoms with Gasteiger partial charge in [-0.05, 0) is 0 Å². The van der Waals surface area contributed by atoms with Gasteiger partial charge in [0.15, 0.2) is 0 Å². The lowest BCUT2D eigenvalue weighted by molar-refractivity contribution is -0.450. The van der Waals surface area contributed by atoms with Crippen LogP contribution in [0.15, 0.2) is 0 Å². The zero-order chi connectivity index (χ0) is 6.95. The second-order valence-electron chi connectivity index (χ2n) is 0.825. The Morgan fingerprint density at radius 1 is 0.889 bits per heavy atom. The van der Waals surface area contributed by atoms with Crippen molar-refractivity contribution in [2.45, 2.75) is 0 Å². The normalized spacial score (nSPS) is 12.7. The van der Waals surface area contributed by atoms with Crippen molar-refractivity contribution in [3.05, 3.63) is 0 Å². The molecule has 9 heteroatoms. The standard InChI is InChI=1S/H6O7Si2/c1-3-5-8-7-9-6-4-2/h1-2H,8-9H2. The smallest absolute Gasteiger partial charge is 0.340 e. The van der Waals surface area contributed by atoms with Gasteiger partial charge in [0, 0.05) is 0 Å². The lowest BCUT2D eigenvalue weighted by Crippen LogP contribution is -2.10. The fourth-order valence-electron chi connectivity index (χ4n) is 0.145. The Morgan fingerprint density at radius 2 is 1.33 bits per heavy atom. The molecule has 0 bridgehead atoms. The average molecular weight is 174 g/mol. The molecule has 0 fully saturated rings. The first-order valence-corrected chi connectivity index (χ1v) is 4.16. The monoisotopic (exact) mass is 174 g/mol. The number of rotatable bonds is 6. The van der Waals surface area contributed by atoms with Gasteiger partial charge in [0.05, 0.1) is 0 Å². The molecule has 0 saturated carbocycles. The molecule has 7 nitrogen and oxygen atoms in total. The highest BCUT2D eigenvalue weighted by Crippen LogP contribution is 1.73. The van der Waals surface area contributed by atoms with E-state index in [9.17, 15) is 0 Å². The largest absolute Gasteiger partial charge is 0.420 e. The number of hydrogen-bond donors (Lipinski definition) is 2. The summed E-state index contributed by atoms with van der Waals surface area (Å²) in [7, 11) is -2.67. The summed E-state index contributed by atoms with van der Waals surface area (Å²) < 4.78 is 12.5. The molecule has 0 radical (unpaired) electrons. The van der Waals surface area contributed by atoms with E-state index in [1.807, 2.05) is 0 Å². The van der Waals surface area contributed by atoms with Crippen LogP contribution in [-0.2, 0) is 23.3 Å². The van der Waals surface area contributed by atoms with Gasteiger partial charge in [-0.1, -0.05) is 10.1 Å². The molecule has 0 aliphatic carbocycles. The molecular weight excluding hydrogens is 168 g/mol. The Balaban J connectivity index is 2.60. The van der Waals surface area contributed by atoms with E-state index >= 15 is 0 Å². The molecule has 0 rings (SSSR count). The summed E-state index contributed by atoms with van der Waals surface area (Å²) in [5, 5.41) is 21.5. The Hall–Kier alpha value is 0.154. The molecular formula is H6O7Si2. The second kappa shape index (κ2) is 8.15. The van der Waals surface area contributed by atoms with Crippen LogP contribution in [0.5, 0.6) is 0 Å². The summed E-state index contributed by atoms with van der Waals surface area (Å²) in [4.78, 5) is 0. The minimum atomic E-state index is -1.34. The van der Waals surface area contributed by atoms with Crippen molar-refractivity contribution in [2.24, 2.45) is 0 Å². The SMILES string of the molecule is OOO[SiH2]O[SiH2]OOO. The summed E-state index contributed by atoms with van der Waals surface area (Å²) >= 11 is 0. The number of hydrogen-bond acceptors (Lipinski definition) is 7. The van der Waals surface area contributed by atoms with E-state index in [4.69, 9.17) is 10.5 Å². The van der Waals surface area contributed by atoms with E-state index in [2.05, 4.69) is 23.3 Å². The van der Waals surface area contributed by atoms with E-state index in [1.54, 1.807) is 0 Å². The van der Waals surface area contributed by atoms with Gasteiger partial charge in [-0.3, -0.25) is 0 Å². The lowest BCUT2D eigenvalue weighted by Gasteiger charge is -1.97. The third kappa shape index (κ3) is 8.15. The summed E-state index contributed by atoms with van der Waals surface area (Å²) in [5.41, 5.74) is 0. The van der Waals surface area contributed by atoms with Crippen molar-refractivity contribution in [2.75, 3.05) is 0 Å². The summed E-state index contributed by atoms with van der Waals surface area (Å²) in [6.07, 6.45) is 0. The van der Waals surface area contributed by atoms with Gasteiger partial charge in [-0.25, -0.2) is 19.7 Å². The van der Waals surface area contributed by atoms with Crippen LogP contribution in [0.4, 0.5) is 0 Å². The molecule has 0 aliphatic heterocycles. The molecule has 0 aromatic heterocycles. The quantitative estimate of drug-likeness (QED) is 0.205. The van der Waals surface area contributed by atoms with Gasteiger partial charge >= 0.3 is 20.0 Å². The van der Waals surface area contributed by atoms with Gasteiger partial charge in [0.1, 0.15) is 0 Å². The van der Waals surface area contributed by atoms with E-state index in [0.717, 1.165) is 0 Å². The van der Waals surface area contributed by atoms with Gasteiger partial charge < -0.3 is 4.12 Å². The van der Waals surface area contributed by atoms with Crippen LogP contribution < -0.4 is 0 Å². The minimum Gasteiger partial charge on any atom is -0.420 e. The molecule has 0 aromatic rings. The Kier molecular flexibility index (Phi) is 8.29. The summed E-state index contributed by atoms with van der Waals surface area (Å²) in [5.74, 6) is 0. The predicted molar refractivity (Wildman–Crippen MR) is 27.8 cm³/mol. The minimum absolute atomic E-state index is 1.34. The van der Waals surface area contributed by atoms with E-state index < -0.39 is 20.0 Å². The third-order valence-corrected chi connectivity index (χ3v) is 2.10. The first-order chi connectivity index (χ1) is 4.41. The molecule has 0 aromatic carbocycles. The van der Waals surface area contributed by atoms with Crippen molar-refractivity contribution < 1.29 is 33.9 Å². The molecule has 0 amide bonds. The van der Waals surface area contributed by atoms with Crippen LogP contribution in [0.3, 0.4) is 0 Å². The zero-order valence-corrected chi connectivity index (χ0v) is 7.18. The maximum atomic E-state index is 7.55. The van der Waals surface area contributed by atoms with Crippen LogP contribution in [0, 0.1) is 0 Å². The molecule has 0 atom stereocenters. The predicted octanol–water partition coefficient (Wildman–Crippen LogP) is -2.16. The molecule has 56 valence electrons. The van der Waals surface area contributed by atoms with E-state index in [1.165, 1.54) is 0 Å². The van der Waals surface area contributed by atoms with Crippen molar-refractivity contribution in [1.82, 2.24) is 0 Å². The maximum Gasteiger partial charge on any atom is 0.340 e. The summed E-state index contributed by atoms with van der Waals surface area (Å²) in [6.45, 7) is 0. The maximum absolute atomic E-state index is 7.55. The van der Waals surface area contributed by atoms with Crippen LogP contribution in [0.25, 0.3) is 0 Å².